The molecular weight excluding hydrogens is 340 g/mol. The van der Waals surface area contributed by atoms with Crippen molar-refractivity contribution in [3.8, 4) is 11.4 Å². The Balaban J connectivity index is 1.81. The zero-order valence-corrected chi connectivity index (χ0v) is 15.6. The summed E-state index contributed by atoms with van der Waals surface area (Å²) in [5, 5.41) is 0. The first-order chi connectivity index (χ1) is 13.1. The van der Waals surface area contributed by atoms with Crippen molar-refractivity contribution < 1.29 is 4.74 Å². The summed E-state index contributed by atoms with van der Waals surface area (Å²) in [5.74, 6) is 1.49. The van der Waals surface area contributed by atoms with Crippen molar-refractivity contribution >= 4 is 17.6 Å². The minimum atomic E-state index is -0.449. The van der Waals surface area contributed by atoms with Gasteiger partial charge in [0.1, 0.15) is 11.4 Å². The first kappa shape index (κ1) is 17.5. The van der Waals surface area contributed by atoms with E-state index >= 15 is 0 Å². The summed E-state index contributed by atoms with van der Waals surface area (Å²) in [7, 11) is 0. The number of benzene rings is 1. The van der Waals surface area contributed by atoms with Crippen LogP contribution in [0.4, 0.5) is 5.69 Å². The van der Waals surface area contributed by atoms with Crippen LogP contribution < -0.4 is 21.1 Å². The van der Waals surface area contributed by atoms with E-state index in [-0.39, 0.29) is 5.96 Å². The quantitative estimate of drug-likeness (QED) is 0.870. The molecule has 0 bridgehead atoms. The predicted molar refractivity (Wildman–Crippen MR) is 108 cm³/mol. The first-order valence-corrected chi connectivity index (χ1v) is 9.53. The highest BCUT2D eigenvalue weighted by Crippen LogP contribution is 2.41. The average Bonchev–Trinajstić information content (AvgIpc) is 3.17. The lowest BCUT2D eigenvalue weighted by atomic mass is 9.87. The number of anilines is 1. The van der Waals surface area contributed by atoms with Crippen molar-refractivity contribution in [3.05, 3.63) is 42.7 Å². The van der Waals surface area contributed by atoms with Crippen LogP contribution in [0.3, 0.4) is 0 Å². The largest absolute Gasteiger partial charge is 0.492 e. The Morgan fingerprint density at radius 2 is 1.85 bits per heavy atom. The molecule has 4 N–H and O–H groups in total. The number of nitrogens with two attached hydrogens (primary N) is 2. The lowest BCUT2D eigenvalue weighted by Gasteiger charge is -2.45. The number of hydrogen-bond donors (Lipinski definition) is 2. The second-order valence-electron chi connectivity index (χ2n) is 6.99. The van der Waals surface area contributed by atoms with Gasteiger partial charge in [-0.15, -0.1) is 0 Å². The highest BCUT2D eigenvalue weighted by Gasteiger charge is 2.42. The summed E-state index contributed by atoms with van der Waals surface area (Å²) in [6, 6.07) is 10.1. The molecule has 4 rings (SSSR count). The Bertz CT molecular complexity index is 865. The van der Waals surface area contributed by atoms with Crippen LogP contribution >= 0.6 is 0 Å². The topological polar surface area (TPSA) is 94.2 Å². The predicted octanol–water partition coefficient (Wildman–Crippen LogP) is 2.99. The highest BCUT2D eigenvalue weighted by molar-refractivity contribution is 6.05. The van der Waals surface area contributed by atoms with Crippen LogP contribution in [0.15, 0.2) is 52.7 Å². The van der Waals surface area contributed by atoms with Crippen LogP contribution in [0.5, 0.6) is 5.75 Å². The lowest BCUT2D eigenvalue weighted by molar-refractivity contribution is 0.305. The summed E-state index contributed by atoms with van der Waals surface area (Å²) in [6.07, 6.45) is 9.24. The van der Waals surface area contributed by atoms with Crippen LogP contribution in [0.25, 0.3) is 5.69 Å². The van der Waals surface area contributed by atoms with Crippen LogP contribution in [0.1, 0.15) is 39.0 Å². The van der Waals surface area contributed by atoms with Gasteiger partial charge in [-0.25, -0.2) is 4.99 Å². The van der Waals surface area contributed by atoms with E-state index < -0.39 is 5.66 Å². The molecule has 1 saturated carbocycles. The minimum Gasteiger partial charge on any atom is -0.492 e. The third-order valence-corrected chi connectivity index (χ3v) is 5.23. The average molecular weight is 366 g/mol. The molecule has 0 saturated heterocycles. The Hall–Kier alpha value is -2.96. The van der Waals surface area contributed by atoms with Gasteiger partial charge >= 0.3 is 0 Å². The van der Waals surface area contributed by atoms with Gasteiger partial charge in [0.15, 0.2) is 0 Å². The van der Waals surface area contributed by atoms with Crippen molar-refractivity contribution in [3.63, 3.8) is 0 Å². The van der Waals surface area contributed by atoms with Crippen LogP contribution in [-0.4, -0.2) is 28.8 Å². The Kier molecular flexibility index (Phi) is 4.51. The van der Waals surface area contributed by atoms with Gasteiger partial charge in [0, 0.05) is 18.1 Å². The van der Waals surface area contributed by atoms with Gasteiger partial charge in [-0.05, 0) is 62.9 Å². The Morgan fingerprint density at radius 1 is 1.11 bits per heavy atom. The van der Waals surface area contributed by atoms with Crippen LogP contribution in [-0.2, 0) is 0 Å². The summed E-state index contributed by atoms with van der Waals surface area (Å²) in [6.45, 7) is 2.59. The molecule has 0 atom stereocenters. The van der Waals surface area contributed by atoms with E-state index in [0.29, 0.717) is 12.6 Å². The maximum Gasteiger partial charge on any atom is 0.220 e. The molecule has 0 unspecified atom stereocenters. The SMILES string of the molecule is CCOc1ccc(N2C(N)=NC(N)=NC23CCCCC3)cc1-n1cccc1. The molecule has 2 heterocycles. The maximum absolute atomic E-state index is 6.35. The minimum absolute atomic E-state index is 0.266. The summed E-state index contributed by atoms with van der Waals surface area (Å²) >= 11 is 0. The summed E-state index contributed by atoms with van der Waals surface area (Å²) < 4.78 is 7.87. The normalized spacial score (nSPS) is 18.9. The zero-order valence-electron chi connectivity index (χ0n) is 15.6. The maximum atomic E-state index is 6.35. The molecule has 2 aliphatic rings. The van der Waals surface area contributed by atoms with Crippen molar-refractivity contribution in [2.75, 3.05) is 11.5 Å². The van der Waals surface area contributed by atoms with Crippen molar-refractivity contribution in [2.45, 2.75) is 44.7 Å². The van der Waals surface area contributed by atoms with Gasteiger partial charge in [0.05, 0.1) is 12.3 Å². The summed E-state index contributed by atoms with van der Waals surface area (Å²) in [4.78, 5) is 11.0. The number of aromatic nitrogens is 1. The van der Waals surface area contributed by atoms with E-state index in [1.54, 1.807) is 0 Å². The molecule has 1 aromatic carbocycles. The molecule has 0 radical (unpaired) electrons. The molecule has 1 fully saturated rings. The standard InChI is InChI=1S/C20H26N6O/c1-2-27-17-9-8-15(14-16(17)25-12-6-7-13-25)26-19(22)23-18(21)24-20(26)10-4-3-5-11-20/h6-9,12-14H,2-5,10-11H2,1H3,(H4,21,22,23,24). The molecule has 1 spiro atoms. The van der Waals surface area contributed by atoms with Crippen LogP contribution in [0.2, 0.25) is 0 Å². The van der Waals surface area contributed by atoms with E-state index in [2.05, 4.69) is 11.1 Å². The van der Waals surface area contributed by atoms with E-state index in [0.717, 1.165) is 42.8 Å². The molecule has 27 heavy (non-hydrogen) atoms. The number of guanidine groups is 2. The van der Waals surface area contributed by atoms with Gasteiger partial charge in [-0.2, -0.15) is 4.99 Å². The monoisotopic (exact) mass is 366 g/mol. The Morgan fingerprint density at radius 3 is 2.56 bits per heavy atom. The molecule has 7 heteroatoms. The van der Waals surface area contributed by atoms with Crippen molar-refractivity contribution in [1.29, 1.82) is 0 Å². The van der Waals surface area contributed by atoms with Crippen LogP contribution in [0, 0.1) is 0 Å². The van der Waals surface area contributed by atoms with Gasteiger partial charge in [0.2, 0.25) is 11.9 Å². The molecule has 1 aromatic heterocycles. The van der Waals surface area contributed by atoms with Gasteiger partial charge in [0.25, 0.3) is 0 Å². The Labute approximate surface area is 159 Å². The smallest absolute Gasteiger partial charge is 0.220 e. The molecule has 7 nitrogen and oxygen atoms in total. The first-order valence-electron chi connectivity index (χ1n) is 9.53. The van der Waals surface area contributed by atoms with Gasteiger partial charge < -0.3 is 20.8 Å². The third kappa shape index (κ3) is 3.13. The number of hydrogen-bond acceptors (Lipinski definition) is 6. The zero-order chi connectivity index (χ0) is 18.9. The molecule has 142 valence electrons. The van der Waals surface area contributed by atoms with Crippen molar-refractivity contribution in [2.24, 2.45) is 21.5 Å². The molecular formula is C20H26N6O. The fourth-order valence-corrected chi connectivity index (χ4v) is 4.11. The highest BCUT2D eigenvalue weighted by atomic mass is 16.5. The second-order valence-corrected chi connectivity index (χ2v) is 6.99. The summed E-state index contributed by atoms with van der Waals surface area (Å²) in [5.41, 5.74) is 13.8. The number of ether oxygens (including phenoxy) is 1. The molecule has 1 aliphatic carbocycles. The second kappa shape index (κ2) is 6.98. The molecule has 0 amide bonds. The molecule has 1 aliphatic heterocycles. The van der Waals surface area contributed by atoms with E-state index in [1.807, 2.05) is 53.0 Å². The third-order valence-electron chi connectivity index (χ3n) is 5.23. The van der Waals surface area contributed by atoms with Gasteiger partial charge in [-0.1, -0.05) is 6.42 Å². The fraction of sp³-hybridized carbons (Fsp3) is 0.400. The number of rotatable bonds is 4. The molecule has 2 aromatic rings. The lowest BCUT2D eigenvalue weighted by Crippen LogP contribution is -2.58. The van der Waals surface area contributed by atoms with E-state index in [1.165, 1.54) is 6.42 Å². The van der Waals surface area contributed by atoms with E-state index in [4.69, 9.17) is 21.2 Å². The van der Waals surface area contributed by atoms with Crippen molar-refractivity contribution in [1.82, 2.24) is 4.57 Å². The fourth-order valence-electron chi connectivity index (χ4n) is 4.11. The van der Waals surface area contributed by atoms with E-state index in [9.17, 15) is 0 Å². The van der Waals surface area contributed by atoms with Gasteiger partial charge in [-0.3, -0.25) is 4.90 Å². The number of nitrogens with zero attached hydrogens (tertiary/aromatic N) is 4. The number of aliphatic imine (C=N–C) groups is 2.